The van der Waals surface area contributed by atoms with Crippen molar-refractivity contribution in [3.63, 3.8) is 0 Å². The lowest BCUT2D eigenvalue weighted by molar-refractivity contribution is -0.112. The second-order valence-electron chi connectivity index (χ2n) is 7.73. The minimum Gasteiger partial charge on any atom is -0.423 e. The third-order valence-corrected chi connectivity index (χ3v) is 6.63. The highest BCUT2D eigenvalue weighted by molar-refractivity contribution is 7.17. The predicted molar refractivity (Wildman–Crippen MR) is 130 cm³/mol. The highest BCUT2D eigenvalue weighted by Gasteiger charge is 2.25. The number of fused-ring (bicyclic) bond motifs is 1. The highest BCUT2D eigenvalue weighted by atomic mass is 32.1. The zero-order chi connectivity index (χ0) is 24.1. The number of esters is 1. The largest absolute Gasteiger partial charge is 0.423 e. The molecule has 1 aliphatic rings. The number of hydrogen-bond acceptors (Lipinski definition) is 6. The van der Waals surface area contributed by atoms with E-state index in [9.17, 15) is 19.6 Å². The van der Waals surface area contributed by atoms with E-state index >= 15 is 0 Å². The molecule has 8 heteroatoms. The molecule has 170 valence electrons. The number of carbonyl (C=O) groups is 3. The van der Waals surface area contributed by atoms with Crippen LogP contribution in [0.3, 0.4) is 0 Å². The van der Waals surface area contributed by atoms with Crippen molar-refractivity contribution in [2.75, 3.05) is 5.32 Å². The number of thiophene rings is 1. The van der Waals surface area contributed by atoms with E-state index in [4.69, 9.17) is 10.5 Å². The number of ether oxygens (including phenoxy) is 1. The molecule has 2 amide bonds. The zero-order valence-electron chi connectivity index (χ0n) is 18.2. The Morgan fingerprint density at radius 1 is 1.03 bits per heavy atom. The van der Waals surface area contributed by atoms with Gasteiger partial charge in [-0.25, -0.2) is 4.79 Å². The number of nitrogens with one attached hydrogen (secondary N) is 1. The van der Waals surface area contributed by atoms with Crippen LogP contribution in [0.2, 0.25) is 0 Å². The summed E-state index contributed by atoms with van der Waals surface area (Å²) in [5.41, 5.74) is 7.70. The lowest BCUT2D eigenvalue weighted by Gasteiger charge is -2.11. The molecule has 1 heterocycles. The maximum atomic E-state index is 12.8. The van der Waals surface area contributed by atoms with E-state index in [1.807, 2.05) is 12.1 Å². The molecule has 7 nitrogen and oxygen atoms in total. The first-order valence-corrected chi connectivity index (χ1v) is 11.5. The van der Waals surface area contributed by atoms with Crippen molar-refractivity contribution in [3.05, 3.63) is 87.3 Å². The third kappa shape index (κ3) is 5.05. The molecule has 34 heavy (non-hydrogen) atoms. The van der Waals surface area contributed by atoms with Crippen molar-refractivity contribution in [3.8, 4) is 11.8 Å². The SMILES string of the molecule is N#C/C(=C/c1ccc(OC(=O)c2ccccc2)cc1)C(=O)Nc1sc2c(c1C(N)=O)CCCC2. The van der Waals surface area contributed by atoms with E-state index in [0.717, 1.165) is 36.1 Å². The average molecular weight is 472 g/mol. The number of nitrogens with zero attached hydrogens (tertiary/aromatic N) is 1. The second-order valence-corrected chi connectivity index (χ2v) is 8.83. The van der Waals surface area contributed by atoms with Crippen LogP contribution >= 0.6 is 11.3 Å². The standard InChI is InChI=1S/C26H21N3O4S/c27-15-18(24(31)29-25-22(23(28)30)20-8-4-5-9-21(20)34-25)14-16-10-12-19(13-11-16)33-26(32)17-6-2-1-3-7-17/h1-3,6-7,10-14H,4-5,8-9H2,(H2,28,30)(H,29,31)/b18-14-. The van der Waals surface area contributed by atoms with Gasteiger partial charge in [-0.1, -0.05) is 30.3 Å². The van der Waals surface area contributed by atoms with Gasteiger partial charge >= 0.3 is 5.97 Å². The molecule has 0 radical (unpaired) electrons. The molecule has 0 aliphatic heterocycles. The van der Waals surface area contributed by atoms with E-state index in [0.29, 0.717) is 27.4 Å². The summed E-state index contributed by atoms with van der Waals surface area (Å²) in [6.07, 6.45) is 5.02. The van der Waals surface area contributed by atoms with Crippen molar-refractivity contribution in [2.24, 2.45) is 5.73 Å². The molecule has 1 aromatic heterocycles. The van der Waals surface area contributed by atoms with Crippen LogP contribution in [0.1, 0.15) is 49.6 Å². The smallest absolute Gasteiger partial charge is 0.343 e. The Labute approximate surface area is 200 Å². The second kappa shape index (κ2) is 10.1. The van der Waals surface area contributed by atoms with Gasteiger partial charge in [-0.3, -0.25) is 9.59 Å². The molecule has 3 aromatic rings. The van der Waals surface area contributed by atoms with Crippen LogP contribution in [0, 0.1) is 11.3 Å². The molecule has 0 spiro atoms. The normalized spacial score (nSPS) is 12.9. The number of benzene rings is 2. The Bertz CT molecular complexity index is 1320. The number of amides is 2. The van der Waals surface area contributed by atoms with Crippen molar-refractivity contribution < 1.29 is 19.1 Å². The maximum absolute atomic E-state index is 12.8. The first-order chi connectivity index (χ1) is 16.5. The number of nitrogens with two attached hydrogens (primary N) is 1. The number of aryl methyl sites for hydroxylation is 1. The van der Waals surface area contributed by atoms with Gasteiger partial charge in [-0.15, -0.1) is 11.3 Å². The fourth-order valence-corrected chi connectivity index (χ4v) is 5.06. The quantitative estimate of drug-likeness (QED) is 0.237. The molecule has 2 aromatic carbocycles. The van der Waals surface area contributed by atoms with Gasteiger partial charge in [-0.05, 0) is 67.2 Å². The minimum absolute atomic E-state index is 0.129. The summed E-state index contributed by atoms with van der Waals surface area (Å²) in [7, 11) is 0. The highest BCUT2D eigenvalue weighted by Crippen LogP contribution is 2.38. The Balaban J connectivity index is 1.49. The number of carbonyl (C=O) groups excluding carboxylic acids is 3. The van der Waals surface area contributed by atoms with Gasteiger partial charge in [0.1, 0.15) is 22.4 Å². The average Bonchev–Trinajstić information content (AvgIpc) is 3.22. The first kappa shape index (κ1) is 23.0. The van der Waals surface area contributed by atoms with E-state index in [2.05, 4.69) is 5.32 Å². The molecule has 0 unspecified atom stereocenters. The van der Waals surface area contributed by atoms with E-state index < -0.39 is 17.8 Å². The third-order valence-electron chi connectivity index (χ3n) is 5.42. The Morgan fingerprint density at radius 3 is 2.41 bits per heavy atom. The van der Waals surface area contributed by atoms with Crippen LogP contribution < -0.4 is 15.8 Å². The molecule has 0 atom stereocenters. The van der Waals surface area contributed by atoms with Gasteiger partial charge < -0.3 is 15.8 Å². The van der Waals surface area contributed by atoms with Gasteiger partial charge in [0.2, 0.25) is 0 Å². The van der Waals surface area contributed by atoms with Crippen molar-refractivity contribution in [2.45, 2.75) is 25.7 Å². The zero-order valence-corrected chi connectivity index (χ0v) is 19.0. The molecular weight excluding hydrogens is 450 g/mol. The maximum Gasteiger partial charge on any atom is 0.343 e. The molecule has 0 bridgehead atoms. The van der Waals surface area contributed by atoms with Crippen molar-refractivity contribution >= 4 is 40.2 Å². The summed E-state index contributed by atoms with van der Waals surface area (Å²) in [4.78, 5) is 38.0. The van der Waals surface area contributed by atoms with Gasteiger partial charge in [0.15, 0.2) is 0 Å². The minimum atomic E-state index is -0.622. The lowest BCUT2D eigenvalue weighted by atomic mass is 9.95. The number of rotatable bonds is 6. The van der Waals surface area contributed by atoms with Crippen molar-refractivity contribution in [1.29, 1.82) is 5.26 Å². The summed E-state index contributed by atoms with van der Waals surface area (Å²) in [6, 6.07) is 17.0. The molecular formula is C26H21N3O4S. The molecule has 3 N–H and O–H groups in total. The molecule has 1 aliphatic carbocycles. The Morgan fingerprint density at radius 2 is 1.74 bits per heavy atom. The van der Waals surface area contributed by atoms with Crippen LogP contribution in [0.4, 0.5) is 5.00 Å². The number of hydrogen-bond donors (Lipinski definition) is 2. The predicted octanol–water partition coefficient (Wildman–Crippen LogP) is 4.49. The number of anilines is 1. The van der Waals surface area contributed by atoms with Gasteiger partial charge in [0, 0.05) is 4.88 Å². The van der Waals surface area contributed by atoms with Crippen LogP contribution in [0.15, 0.2) is 60.2 Å². The Hall–Kier alpha value is -4.22. The van der Waals surface area contributed by atoms with Crippen LogP contribution in [-0.2, 0) is 17.6 Å². The van der Waals surface area contributed by atoms with E-state index in [1.165, 1.54) is 17.4 Å². The van der Waals surface area contributed by atoms with Gasteiger partial charge in [0.25, 0.3) is 11.8 Å². The summed E-state index contributed by atoms with van der Waals surface area (Å²) >= 11 is 1.34. The molecule has 0 saturated heterocycles. The summed E-state index contributed by atoms with van der Waals surface area (Å²) in [5, 5.41) is 12.6. The molecule has 0 saturated carbocycles. The summed E-state index contributed by atoms with van der Waals surface area (Å²) in [5.74, 6) is -1.35. The summed E-state index contributed by atoms with van der Waals surface area (Å²) < 4.78 is 5.34. The van der Waals surface area contributed by atoms with E-state index in [1.54, 1.807) is 48.5 Å². The van der Waals surface area contributed by atoms with Crippen molar-refractivity contribution in [1.82, 2.24) is 0 Å². The fraction of sp³-hybridized carbons (Fsp3) is 0.154. The number of primary amides is 1. The van der Waals surface area contributed by atoms with E-state index in [-0.39, 0.29) is 5.57 Å². The summed E-state index contributed by atoms with van der Waals surface area (Å²) in [6.45, 7) is 0. The van der Waals surface area contributed by atoms with Gasteiger partial charge in [-0.2, -0.15) is 5.26 Å². The van der Waals surface area contributed by atoms with Crippen LogP contribution in [0.25, 0.3) is 6.08 Å². The lowest BCUT2D eigenvalue weighted by Crippen LogP contribution is -2.19. The van der Waals surface area contributed by atoms with Crippen LogP contribution in [0.5, 0.6) is 5.75 Å². The van der Waals surface area contributed by atoms with Gasteiger partial charge in [0.05, 0.1) is 11.1 Å². The Kier molecular flexibility index (Phi) is 6.85. The number of nitriles is 1. The fourth-order valence-electron chi connectivity index (χ4n) is 3.77. The first-order valence-electron chi connectivity index (χ1n) is 10.7. The van der Waals surface area contributed by atoms with Crippen LogP contribution in [-0.4, -0.2) is 17.8 Å². The topological polar surface area (TPSA) is 122 Å². The molecule has 0 fully saturated rings. The monoisotopic (exact) mass is 471 g/mol. The molecule has 4 rings (SSSR count).